The Balaban J connectivity index is 0.796. The van der Waals surface area contributed by atoms with Gasteiger partial charge in [0.1, 0.15) is 28.8 Å². The van der Waals surface area contributed by atoms with Crippen LogP contribution in [0.1, 0.15) is 83.0 Å². The van der Waals surface area contributed by atoms with E-state index in [9.17, 15) is 24.3 Å². The Hall–Kier alpha value is -6.39. The zero-order valence-corrected chi connectivity index (χ0v) is 35.0. The van der Waals surface area contributed by atoms with Crippen molar-refractivity contribution in [2.75, 3.05) is 66.2 Å². The highest BCUT2D eigenvalue weighted by molar-refractivity contribution is 6.06. The van der Waals surface area contributed by atoms with Crippen LogP contribution in [-0.2, 0) is 28.2 Å². The maximum atomic E-state index is 13.4. The van der Waals surface area contributed by atoms with Gasteiger partial charge in [-0.25, -0.2) is 9.97 Å². The summed E-state index contributed by atoms with van der Waals surface area (Å²) in [5, 5.41) is 22.8. The van der Waals surface area contributed by atoms with Gasteiger partial charge in [0, 0.05) is 99.2 Å². The van der Waals surface area contributed by atoms with Crippen molar-refractivity contribution in [2.45, 2.75) is 76.1 Å². The number of rotatable bonds is 12. The number of benzene rings is 2. The van der Waals surface area contributed by atoms with Crippen LogP contribution in [0.25, 0.3) is 0 Å². The Morgan fingerprint density at radius 3 is 2.47 bits per heavy atom. The second kappa shape index (κ2) is 17.2. The monoisotopic (exact) mass is 839 g/mol. The molecule has 322 valence electrons. The molecule has 4 aromatic rings. The van der Waals surface area contributed by atoms with E-state index < -0.39 is 11.6 Å². The summed E-state index contributed by atoms with van der Waals surface area (Å²) >= 11 is 0. The largest absolute Gasteiger partial charge is 0.384 e. The van der Waals surface area contributed by atoms with Gasteiger partial charge in [0.25, 0.3) is 11.8 Å². The summed E-state index contributed by atoms with van der Waals surface area (Å²) in [6.07, 6.45) is 7.69. The standard InChI is InChI=1S/C46H53N11O5/c1-3-20-47-42(59)34-27-48-45(53-41(34)51-38-14-8-29-16-19-46(62,4-2)40(29)50-38)49-30-9-11-31(12-10-30)54-23-25-55(26-24-54)32-17-21-56(22-18-32)36-7-5-6-33-35(36)28-57(44(33)61)37-13-15-39(58)52-43(37)60/h3,5-12,14,27,32,37,62H,1,4,13,15-26,28H2,2H3,(H,47,59)(H,52,58,60)(H2,48,49,50,51,53)/t37?,46-/m1/s1. The lowest BCUT2D eigenvalue weighted by molar-refractivity contribution is -0.136. The minimum absolute atomic E-state index is 0.139. The van der Waals surface area contributed by atoms with E-state index in [1.165, 1.54) is 6.20 Å². The zero-order chi connectivity index (χ0) is 43.0. The molecular formula is C46H53N11O5. The highest BCUT2D eigenvalue weighted by Crippen LogP contribution is 2.39. The van der Waals surface area contributed by atoms with Crippen LogP contribution >= 0.6 is 0 Å². The molecular weight excluding hydrogens is 787 g/mol. The van der Waals surface area contributed by atoms with Gasteiger partial charge in [0.2, 0.25) is 17.8 Å². The molecule has 0 saturated carbocycles. The maximum Gasteiger partial charge on any atom is 0.256 e. The van der Waals surface area contributed by atoms with Crippen LogP contribution in [0, 0.1) is 0 Å². The first-order valence-corrected chi connectivity index (χ1v) is 21.7. The number of aryl methyl sites for hydroxylation is 1. The number of anilines is 6. The molecule has 1 aliphatic carbocycles. The van der Waals surface area contributed by atoms with Crippen LogP contribution in [0.4, 0.5) is 34.6 Å². The Bertz CT molecular complexity index is 2390. The summed E-state index contributed by atoms with van der Waals surface area (Å²) in [5.74, 6) is -0.0892. The van der Waals surface area contributed by atoms with Gasteiger partial charge in [-0.05, 0) is 86.6 Å². The van der Waals surface area contributed by atoms with Crippen molar-refractivity contribution in [1.29, 1.82) is 0 Å². The summed E-state index contributed by atoms with van der Waals surface area (Å²) in [6, 6.07) is 17.7. The molecule has 16 nitrogen and oxygen atoms in total. The third-order valence-electron chi connectivity index (χ3n) is 13.2. The summed E-state index contributed by atoms with van der Waals surface area (Å²) in [7, 11) is 0. The Morgan fingerprint density at radius 2 is 1.73 bits per heavy atom. The van der Waals surface area contributed by atoms with Crippen molar-refractivity contribution >= 4 is 58.3 Å². The van der Waals surface area contributed by atoms with Crippen LogP contribution in [0.5, 0.6) is 0 Å². The van der Waals surface area contributed by atoms with E-state index in [2.05, 4.69) is 65.7 Å². The number of amides is 4. The normalized spacial score (nSPS) is 21.7. The van der Waals surface area contributed by atoms with E-state index in [0.29, 0.717) is 54.9 Å². The van der Waals surface area contributed by atoms with E-state index in [-0.39, 0.29) is 48.0 Å². The molecule has 16 heteroatoms. The average molecular weight is 840 g/mol. The molecule has 6 heterocycles. The van der Waals surface area contributed by atoms with Crippen LogP contribution in [0.2, 0.25) is 0 Å². The van der Waals surface area contributed by atoms with E-state index in [1.807, 2.05) is 43.3 Å². The molecule has 4 aliphatic heterocycles. The number of fused-ring (bicyclic) bond motifs is 2. The molecule has 5 aliphatic rings. The van der Waals surface area contributed by atoms with Crippen molar-refractivity contribution in [2.24, 2.45) is 0 Å². The summed E-state index contributed by atoms with van der Waals surface area (Å²) < 4.78 is 0. The molecule has 0 bridgehead atoms. The third-order valence-corrected chi connectivity index (χ3v) is 13.2. The quantitative estimate of drug-likeness (QED) is 0.100. The summed E-state index contributed by atoms with van der Waals surface area (Å²) in [5.41, 5.74) is 5.59. The second-order valence-corrected chi connectivity index (χ2v) is 16.8. The number of piperidine rings is 2. The molecule has 3 fully saturated rings. The van der Waals surface area contributed by atoms with Gasteiger partial charge in [0.15, 0.2) is 0 Å². The SMILES string of the molecule is C=CCNC(=O)c1cnc(Nc2ccc(N3CCN(C4CCN(c5cccc6c5CN(C5CCC(=O)NC5=O)C6=O)CC4)CC3)cc2)nc1Nc1ccc2c(n1)[C@@](O)(CC)CC2. The zero-order valence-electron chi connectivity index (χ0n) is 35.0. The molecule has 2 aromatic carbocycles. The molecule has 4 amide bonds. The van der Waals surface area contributed by atoms with Crippen molar-refractivity contribution < 1.29 is 24.3 Å². The Labute approximate surface area is 360 Å². The lowest BCUT2D eigenvalue weighted by Crippen LogP contribution is -2.53. The first kappa shape index (κ1) is 41.0. The fourth-order valence-corrected chi connectivity index (χ4v) is 9.62. The predicted octanol–water partition coefficient (Wildman–Crippen LogP) is 4.37. The Kier molecular flexibility index (Phi) is 11.4. The van der Waals surface area contributed by atoms with Gasteiger partial charge >= 0.3 is 0 Å². The maximum absolute atomic E-state index is 13.4. The number of carbonyl (C=O) groups excluding carboxylic acids is 4. The number of aliphatic hydroxyl groups is 1. The number of carbonyl (C=O) groups is 4. The van der Waals surface area contributed by atoms with Gasteiger partial charge < -0.3 is 35.8 Å². The molecule has 0 spiro atoms. The van der Waals surface area contributed by atoms with Gasteiger partial charge in [0.05, 0.1) is 5.69 Å². The lowest BCUT2D eigenvalue weighted by atomic mass is 9.98. The lowest BCUT2D eigenvalue weighted by Gasteiger charge is -2.44. The first-order valence-electron chi connectivity index (χ1n) is 21.7. The van der Waals surface area contributed by atoms with Crippen LogP contribution < -0.4 is 31.1 Å². The summed E-state index contributed by atoms with van der Waals surface area (Å²) in [4.78, 5) is 73.8. The summed E-state index contributed by atoms with van der Waals surface area (Å²) in [6.45, 7) is 11.9. The van der Waals surface area contributed by atoms with Gasteiger partial charge in [-0.2, -0.15) is 4.98 Å². The molecule has 1 unspecified atom stereocenters. The number of hydrogen-bond acceptors (Lipinski definition) is 13. The number of imide groups is 1. The average Bonchev–Trinajstić information content (AvgIpc) is 3.81. The number of hydrogen-bond donors (Lipinski definition) is 5. The number of nitrogens with zero attached hydrogens (tertiary/aromatic N) is 7. The Morgan fingerprint density at radius 1 is 0.935 bits per heavy atom. The molecule has 62 heavy (non-hydrogen) atoms. The molecule has 5 N–H and O–H groups in total. The first-order chi connectivity index (χ1) is 30.1. The molecule has 9 rings (SSSR count). The van der Waals surface area contributed by atoms with E-state index >= 15 is 0 Å². The highest BCUT2D eigenvalue weighted by Gasteiger charge is 2.41. The van der Waals surface area contributed by atoms with Crippen molar-refractivity contribution in [3.63, 3.8) is 0 Å². The number of nitrogens with one attached hydrogen (secondary N) is 4. The van der Waals surface area contributed by atoms with Crippen LogP contribution in [-0.4, -0.2) is 111 Å². The van der Waals surface area contributed by atoms with Crippen molar-refractivity contribution in [3.05, 3.63) is 101 Å². The van der Waals surface area contributed by atoms with E-state index in [0.717, 1.165) is 86.7 Å². The fourth-order valence-electron chi connectivity index (χ4n) is 9.62. The van der Waals surface area contributed by atoms with Crippen molar-refractivity contribution in [3.8, 4) is 0 Å². The van der Waals surface area contributed by atoms with Gasteiger partial charge in [-0.3, -0.25) is 29.4 Å². The number of piperazine rings is 1. The predicted molar refractivity (Wildman–Crippen MR) is 236 cm³/mol. The topological polar surface area (TPSA) is 188 Å². The van der Waals surface area contributed by atoms with Crippen LogP contribution in [0.15, 0.2) is 73.4 Å². The van der Waals surface area contributed by atoms with Gasteiger partial charge in [-0.1, -0.05) is 25.1 Å². The van der Waals surface area contributed by atoms with Crippen molar-refractivity contribution in [1.82, 2.24) is 35.4 Å². The minimum Gasteiger partial charge on any atom is -0.384 e. The smallest absolute Gasteiger partial charge is 0.256 e. The fraction of sp³-hybridized carbons (Fsp3) is 0.413. The van der Waals surface area contributed by atoms with Gasteiger partial charge in [-0.15, -0.1) is 6.58 Å². The van der Waals surface area contributed by atoms with Crippen LogP contribution in [0.3, 0.4) is 0 Å². The number of aromatic nitrogens is 3. The molecule has 2 atom stereocenters. The highest BCUT2D eigenvalue weighted by atomic mass is 16.3. The molecule has 2 aromatic heterocycles. The number of pyridine rings is 1. The van der Waals surface area contributed by atoms with E-state index in [4.69, 9.17) is 9.97 Å². The minimum atomic E-state index is -0.975. The third kappa shape index (κ3) is 8.07. The molecule has 3 saturated heterocycles. The van der Waals surface area contributed by atoms with E-state index in [1.54, 1.807) is 11.0 Å². The second-order valence-electron chi connectivity index (χ2n) is 16.8. The molecule has 0 radical (unpaired) electrons.